The molecule has 0 atom stereocenters. The monoisotopic (exact) mass is 190 g/mol. The number of nitrogens with zero attached hydrogens (tertiary/aromatic N) is 1. The van der Waals surface area contributed by atoms with Crippen molar-refractivity contribution >= 4 is 5.69 Å². The van der Waals surface area contributed by atoms with Crippen LogP contribution in [0.1, 0.15) is 31.4 Å². The highest BCUT2D eigenvalue weighted by atomic mass is 14.9. The van der Waals surface area contributed by atoms with Crippen LogP contribution in [0.4, 0.5) is 5.69 Å². The predicted octanol–water partition coefficient (Wildman–Crippen LogP) is 2.99. The largest absolute Gasteiger partial charge is 0.384 e. The molecule has 1 heterocycles. The first kappa shape index (κ1) is 9.50. The zero-order valence-electron chi connectivity index (χ0n) is 8.79. The molecule has 0 saturated heterocycles. The molecule has 0 amide bonds. The molecular weight excluding hydrogens is 172 g/mol. The highest BCUT2D eigenvalue weighted by molar-refractivity contribution is 5.40. The van der Waals surface area contributed by atoms with E-state index in [2.05, 4.69) is 22.4 Å². The van der Waals surface area contributed by atoms with E-state index in [1.807, 2.05) is 13.1 Å². The number of pyridine rings is 1. The first-order valence-corrected chi connectivity index (χ1v) is 5.51. The van der Waals surface area contributed by atoms with E-state index in [9.17, 15) is 0 Å². The van der Waals surface area contributed by atoms with E-state index >= 15 is 0 Å². The second kappa shape index (κ2) is 4.45. The molecule has 2 nitrogen and oxygen atoms in total. The van der Waals surface area contributed by atoms with Gasteiger partial charge in [0, 0.05) is 12.2 Å². The summed E-state index contributed by atoms with van der Waals surface area (Å²) in [7, 11) is 0. The van der Waals surface area contributed by atoms with Crippen molar-refractivity contribution in [3.63, 3.8) is 0 Å². The van der Waals surface area contributed by atoms with Gasteiger partial charge in [-0.3, -0.25) is 4.98 Å². The van der Waals surface area contributed by atoms with E-state index < -0.39 is 0 Å². The third kappa shape index (κ3) is 2.47. The Labute approximate surface area is 85.7 Å². The Bertz CT molecular complexity index is 273. The van der Waals surface area contributed by atoms with Gasteiger partial charge in [-0.2, -0.15) is 0 Å². The van der Waals surface area contributed by atoms with Crippen molar-refractivity contribution in [1.82, 2.24) is 4.98 Å². The third-order valence-corrected chi connectivity index (χ3v) is 2.98. The minimum absolute atomic E-state index is 0.885. The van der Waals surface area contributed by atoms with Crippen molar-refractivity contribution in [3.8, 4) is 0 Å². The summed E-state index contributed by atoms with van der Waals surface area (Å²) in [5, 5.41) is 3.45. The molecule has 1 fully saturated rings. The smallest absolute Gasteiger partial charge is 0.0527 e. The van der Waals surface area contributed by atoms with Crippen molar-refractivity contribution in [2.24, 2.45) is 5.92 Å². The topological polar surface area (TPSA) is 24.9 Å². The SMILES string of the molecule is Cc1ccc(NCC2CCCC2)cn1. The van der Waals surface area contributed by atoms with Crippen LogP contribution in [0, 0.1) is 12.8 Å². The maximum atomic E-state index is 4.26. The van der Waals surface area contributed by atoms with Crippen LogP contribution in [0.3, 0.4) is 0 Å². The molecule has 0 aliphatic heterocycles. The summed E-state index contributed by atoms with van der Waals surface area (Å²) >= 11 is 0. The van der Waals surface area contributed by atoms with Crippen molar-refractivity contribution in [2.45, 2.75) is 32.6 Å². The number of nitrogens with one attached hydrogen (secondary N) is 1. The maximum Gasteiger partial charge on any atom is 0.0527 e. The second-order valence-corrected chi connectivity index (χ2v) is 4.22. The van der Waals surface area contributed by atoms with Gasteiger partial charge in [0.1, 0.15) is 0 Å². The number of hydrogen-bond acceptors (Lipinski definition) is 2. The van der Waals surface area contributed by atoms with Gasteiger partial charge in [-0.15, -0.1) is 0 Å². The van der Waals surface area contributed by atoms with Crippen LogP contribution in [0.5, 0.6) is 0 Å². The van der Waals surface area contributed by atoms with Crippen LogP contribution in [0.25, 0.3) is 0 Å². The summed E-state index contributed by atoms with van der Waals surface area (Å²) in [4.78, 5) is 4.26. The second-order valence-electron chi connectivity index (χ2n) is 4.22. The Hall–Kier alpha value is -1.05. The minimum atomic E-state index is 0.885. The molecule has 1 aromatic rings. The van der Waals surface area contributed by atoms with Gasteiger partial charge in [0.05, 0.1) is 11.9 Å². The lowest BCUT2D eigenvalue weighted by Crippen LogP contribution is -2.10. The quantitative estimate of drug-likeness (QED) is 0.792. The van der Waals surface area contributed by atoms with Gasteiger partial charge in [0.15, 0.2) is 0 Å². The lowest BCUT2D eigenvalue weighted by atomic mass is 10.1. The fourth-order valence-electron chi connectivity index (χ4n) is 2.05. The molecule has 0 spiro atoms. The van der Waals surface area contributed by atoms with Gasteiger partial charge in [-0.25, -0.2) is 0 Å². The summed E-state index contributed by atoms with van der Waals surface area (Å²) in [5.41, 5.74) is 2.24. The molecule has 14 heavy (non-hydrogen) atoms. The van der Waals surface area contributed by atoms with E-state index in [0.29, 0.717) is 0 Å². The van der Waals surface area contributed by atoms with Crippen LogP contribution < -0.4 is 5.32 Å². The average molecular weight is 190 g/mol. The fourth-order valence-corrected chi connectivity index (χ4v) is 2.05. The highest BCUT2D eigenvalue weighted by Crippen LogP contribution is 2.24. The van der Waals surface area contributed by atoms with Gasteiger partial charge in [0.25, 0.3) is 0 Å². The average Bonchev–Trinajstić information content (AvgIpc) is 2.70. The minimum Gasteiger partial charge on any atom is -0.384 e. The summed E-state index contributed by atoms with van der Waals surface area (Å²) in [6.45, 7) is 3.13. The lowest BCUT2D eigenvalue weighted by molar-refractivity contribution is 0.580. The Balaban J connectivity index is 1.82. The van der Waals surface area contributed by atoms with Crippen molar-refractivity contribution in [2.75, 3.05) is 11.9 Å². The molecule has 1 N–H and O–H groups in total. The molecule has 0 aromatic carbocycles. The number of hydrogen-bond donors (Lipinski definition) is 1. The van der Waals surface area contributed by atoms with Crippen molar-refractivity contribution < 1.29 is 0 Å². The number of aromatic nitrogens is 1. The number of anilines is 1. The molecule has 2 heteroatoms. The Morgan fingerprint density at radius 3 is 2.79 bits per heavy atom. The van der Waals surface area contributed by atoms with E-state index in [-0.39, 0.29) is 0 Å². The van der Waals surface area contributed by atoms with Crippen molar-refractivity contribution in [1.29, 1.82) is 0 Å². The highest BCUT2D eigenvalue weighted by Gasteiger charge is 2.14. The summed E-state index contributed by atoms with van der Waals surface area (Å²) < 4.78 is 0. The van der Waals surface area contributed by atoms with Gasteiger partial charge in [-0.05, 0) is 37.8 Å². The standard InChI is InChI=1S/C12H18N2/c1-10-6-7-12(9-13-10)14-8-11-4-2-3-5-11/h6-7,9,11,14H,2-5,8H2,1H3. The van der Waals surface area contributed by atoms with Gasteiger partial charge in [0.2, 0.25) is 0 Å². The van der Waals surface area contributed by atoms with Crippen molar-refractivity contribution in [3.05, 3.63) is 24.0 Å². The predicted molar refractivity (Wildman–Crippen MR) is 59.4 cm³/mol. The molecule has 1 aromatic heterocycles. The van der Waals surface area contributed by atoms with Gasteiger partial charge in [-0.1, -0.05) is 12.8 Å². The first-order chi connectivity index (χ1) is 6.84. The van der Waals surface area contributed by atoms with Crippen LogP contribution >= 0.6 is 0 Å². The molecular formula is C12H18N2. The summed E-state index contributed by atoms with van der Waals surface area (Å²) in [6, 6.07) is 4.16. The zero-order valence-corrected chi connectivity index (χ0v) is 8.79. The summed E-state index contributed by atoms with van der Waals surface area (Å²) in [5.74, 6) is 0.885. The Kier molecular flexibility index (Phi) is 3.02. The van der Waals surface area contributed by atoms with Gasteiger partial charge < -0.3 is 5.32 Å². The van der Waals surface area contributed by atoms with Crippen LogP contribution in [0.15, 0.2) is 18.3 Å². The van der Waals surface area contributed by atoms with E-state index in [4.69, 9.17) is 0 Å². The zero-order chi connectivity index (χ0) is 9.80. The molecule has 1 saturated carbocycles. The van der Waals surface area contributed by atoms with Crippen LogP contribution in [-0.2, 0) is 0 Å². The lowest BCUT2D eigenvalue weighted by Gasteiger charge is -2.11. The molecule has 1 aliphatic carbocycles. The molecule has 0 radical (unpaired) electrons. The van der Waals surface area contributed by atoms with E-state index in [1.54, 1.807) is 0 Å². The van der Waals surface area contributed by atoms with Gasteiger partial charge >= 0.3 is 0 Å². The number of aryl methyl sites for hydroxylation is 1. The Morgan fingerprint density at radius 1 is 1.36 bits per heavy atom. The van der Waals surface area contributed by atoms with E-state index in [1.165, 1.54) is 25.7 Å². The maximum absolute atomic E-state index is 4.26. The van der Waals surface area contributed by atoms with E-state index in [0.717, 1.165) is 23.8 Å². The molecule has 1 aliphatic rings. The normalized spacial score (nSPS) is 17.2. The molecule has 0 bridgehead atoms. The molecule has 0 unspecified atom stereocenters. The molecule has 2 rings (SSSR count). The summed E-state index contributed by atoms with van der Waals surface area (Å²) in [6.07, 6.45) is 7.54. The first-order valence-electron chi connectivity index (χ1n) is 5.51. The van der Waals surface area contributed by atoms with Crippen LogP contribution in [0.2, 0.25) is 0 Å². The van der Waals surface area contributed by atoms with Crippen LogP contribution in [-0.4, -0.2) is 11.5 Å². The Morgan fingerprint density at radius 2 is 2.14 bits per heavy atom. The number of rotatable bonds is 3. The molecule has 76 valence electrons. The third-order valence-electron chi connectivity index (χ3n) is 2.98. The fraction of sp³-hybridized carbons (Fsp3) is 0.583.